The zero-order valence-electron chi connectivity index (χ0n) is 8.65. The smallest absolute Gasteiger partial charge is 0.247 e. The molecule has 0 fully saturated rings. The summed E-state index contributed by atoms with van der Waals surface area (Å²) in [5, 5.41) is 8.36. The van der Waals surface area contributed by atoms with Crippen LogP contribution in [-0.4, -0.2) is 4.98 Å². The molecular weight excluding hydrogens is 243 g/mol. The Bertz CT molecular complexity index is 459. The largest absolute Gasteiger partial charge is 0.433 e. The molecule has 0 unspecified atom stereocenters. The van der Waals surface area contributed by atoms with Crippen molar-refractivity contribution in [3.63, 3.8) is 0 Å². The van der Waals surface area contributed by atoms with Gasteiger partial charge in [0.25, 0.3) is 6.43 Å². The number of nitrogens with zero attached hydrogens (tertiary/aromatic N) is 2. The van der Waals surface area contributed by atoms with Crippen molar-refractivity contribution in [2.75, 3.05) is 0 Å². The summed E-state index contributed by atoms with van der Waals surface area (Å²) < 4.78 is 62.7. The fourth-order valence-electron chi connectivity index (χ4n) is 1.41. The Morgan fingerprint density at radius 2 is 2.00 bits per heavy atom. The summed E-state index contributed by atoms with van der Waals surface area (Å²) in [6.45, 7) is 1.14. The van der Waals surface area contributed by atoms with Gasteiger partial charge in [-0.25, -0.2) is 13.8 Å². The van der Waals surface area contributed by atoms with Crippen molar-refractivity contribution in [2.24, 2.45) is 0 Å². The number of aryl methyl sites for hydroxylation is 1. The summed E-state index contributed by atoms with van der Waals surface area (Å²) in [5.74, 6) is 0. The molecule has 1 rings (SSSR count). The van der Waals surface area contributed by atoms with Gasteiger partial charge >= 0.3 is 6.18 Å². The van der Waals surface area contributed by atoms with Gasteiger partial charge in [-0.3, -0.25) is 0 Å². The molecule has 1 aromatic heterocycles. The van der Waals surface area contributed by atoms with Gasteiger partial charge in [0, 0.05) is 0 Å². The van der Waals surface area contributed by atoms with Gasteiger partial charge in [-0.15, -0.1) is 0 Å². The lowest BCUT2D eigenvalue weighted by Crippen LogP contribution is -2.15. The lowest BCUT2D eigenvalue weighted by molar-refractivity contribution is -0.143. The second-order valence-corrected chi connectivity index (χ2v) is 3.33. The summed E-state index contributed by atoms with van der Waals surface area (Å²) in [7, 11) is 0. The molecule has 0 aliphatic carbocycles. The molecule has 1 aromatic rings. The maximum absolute atomic E-state index is 12.5. The van der Waals surface area contributed by atoms with Crippen LogP contribution in [0.2, 0.25) is 0 Å². The van der Waals surface area contributed by atoms with Gasteiger partial charge in [-0.05, 0) is 18.6 Å². The van der Waals surface area contributed by atoms with E-state index in [0.717, 1.165) is 13.0 Å². The van der Waals surface area contributed by atoms with E-state index in [1.54, 1.807) is 6.07 Å². The molecule has 0 atom stereocenters. The Kier molecular flexibility index (Phi) is 3.66. The minimum Gasteiger partial charge on any atom is -0.247 e. The Morgan fingerprint density at radius 1 is 1.41 bits per heavy atom. The third-order valence-electron chi connectivity index (χ3n) is 2.07. The van der Waals surface area contributed by atoms with Gasteiger partial charge < -0.3 is 0 Å². The molecule has 0 radical (unpaired) electrons. The molecule has 0 N–H and O–H groups in total. The minimum absolute atomic E-state index is 0.165. The number of pyridine rings is 1. The highest BCUT2D eigenvalue weighted by Gasteiger charge is 2.38. The molecule has 0 bridgehead atoms. The highest BCUT2D eigenvalue weighted by atomic mass is 19.4. The normalized spacial score (nSPS) is 11.6. The molecule has 0 amide bonds. The predicted molar refractivity (Wildman–Crippen MR) is 48.3 cm³/mol. The average molecular weight is 250 g/mol. The van der Waals surface area contributed by atoms with Crippen LogP contribution in [-0.2, 0) is 12.6 Å². The number of halogens is 5. The molecule has 0 aliphatic rings. The number of aromatic nitrogens is 1. The highest BCUT2D eigenvalue weighted by Crippen LogP contribution is 2.36. The molecule has 7 heteroatoms. The molecule has 0 spiro atoms. The van der Waals surface area contributed by atoms with Gasteiger partial charge in [0.1, 0.15) is 0 Å². The van der Waals surface area contributed by atoms with Crippen LogP contribution in [0.5, 0.6) is 0 Å². The van der Waals surface area contributed by atoms with Crippen LogP contribution in [0.1, 0.15) is 28.9 Å². The van der Waals surface area contributed by atoms with Crippen molar-refractivity contribution in [1.82, 2.24) is 4.98 Å². The number of hydrogen-bond donors (Lipinski definition) is 0. The molecule has 17 heavy (non-hydrogen) atoms. The second kappa shape index (κ2) is 4.65. The summed E-state index contributed by atoms with van der Waals surface area (Å²) in [4.78, 5) is 3.09. The lowest BCUT2D eigenvalue weighted by atomic mass is 10.1. The van der Waals surface area contributed by atoms with Gasteiger partial charge in [-0.1, -0.05) is 0 Å². The number of nitriles is 1. The maximum atomic E-state index is 12.5. The Balaban J connectivity index is 3.46. The quantitative estimate of drug-likeness (QED) is 0.754. The van der Waals surface area contributed by atoms with Crippen LogP contribution in [0.15, 0.2) is 6.07 Å². The molecule has 92 valence electrons. The van der Waals surface area contributed by atoms with Gasteiger partial charge in [0.2, 0.25) is 0 Å². The van der Waals surface area contributed by atoms with E-state index in [-0.39, 0.29) is 17.7 Å². The van der Waals surface area contributed by atoms with Crippen LogP contribution in [0.25, 0.3) is 0 Å². The van der Waals surface area contributed by atoms with Crippen molar-refractivity contribution >= 4 is 0 Å². The van der Waals surface area contributed by atoms with Gasteiger partial charge in [0.05, 0.1) is 23.7 Å². The van der Waals surface area contributed by atoms with Crippen molar-refractivity contribution < 1.29 is 22.0 Å². The van der Waals surface area contributed by atoms with E-state index >= 15 is 0 Å². The van der Waals surface area contributed by atoms with Crippen LogP contribution in [0, 0.1) is 18.3 Å². The van der Waals surface area contributed by atoms with E-state index < -0.39 is 23.9 Å². The first-order chi connectivity index (χ1) is 7.77. The molecule has 0 aliphatic heterocycles. The van der Waals surface area contributed by atoms with Crippen LogP contribution in [0.4, 0.5) is 22.0 Å². The first-order valence-electron chi connectivity index (χ1n) is 4.50. The summed E-state index contributed by atoms with van der Waals surface area (Å²) in [6, 6.07) is 2.69. The first kappa shape index (κ1) is 13.4. The monoisotopic (exact) mass is 250 g/mol. The van der Waals surface area contributed by atoms with Crippen molar-refractivity contribution in [1.29, 1.82) is 5.26 Å². The van der Waals surface area contributed by atoms with E-state index in [4.69, 9.17) is 5.26 Å². The fraction of sp³-hybridized carbons (Fsp3) is 0.400. The Labute approximate surface area is 93.7 Å². The SMILES string of the molecule is Cc1cc(CC#N)nc(C(F)(F)F)c1C(F)F. The first-order valence-corrected chi connectivity index (χ1v) is 4.50. The molecule has 1 heterocycles. The maximum Gasteiger partial charge on any atom is 0.433 e. The third kappa shape index (κ3) is 2.90. The highest BCUT2D eigenvalue weighted by molar-refractivity contribution is 5.35. The van der Waals surface area contributed by atoms with E-state index in [2.05, 4.69) is 4.98 Å². The average Bonchev–Trinajstić information content (AvgIpc) is 2.15. The molecule has 0 saturated carbocycles. The zero-order valence-corrected chi connectivity index (χ0v) is 8.65. The number of rotatable bonds is 2. The second-order valence-electron chi connectivity index (χ2n) is 3.33. The van der Waals surface area contributed by atoms with Crippen molar-refractivity contribution in [3.05, 3.63) is 28.6 Å². The topological polar surface area (TPSA) is 36.7 Å². The Hall–Kier alpha value is -1.71. The zero-order chi connectivity index (χ0) is 13.2. The van der Waals surface area contributed by atoms with Gasteiger partial charge in [0.15, 0.2) is 5.69 Å². The molecule has 0 saturated heterocycles. The molecular formula is C10H7F5N2. The predicted octanol–water partition coefficient (Wildman–Crippen LogP) is 3.41. The summed E-state index contributed by atoms with van der Waals surface area (Å²) in [6.07, 6.45) is -8.56. The van der Waals surface area contributed by atoms with E-state index in [0.29, 0.717) is 0 Å². The molecule has 2 nitrogen and oxygen atoms in total. The van der Waals surface area contributed by atoms with Crippen molar-refractivity contribution in [2.45, 2.75) is 25.9 Å². The van der Waals surface area contributed by atoms with Crippen LogP contribution in [0.3, 0.4) is 0 Å². The lowest BCUT2D eigenvalue weighted by Gasteiger charge is -2.14. The summed E-state index contributed by atoms with van der Waals surface area (Å²) >= 11 is 0. The fourth-order valence-corrected chi connectivity index (χ4v) is 1.41. The minimum atomic E-state index is -4.96. The van der Waals surface area contributed by atoms with E-state index in [1.165, 1.54) is 0 Å². The van der Waals surface area contributed by atoms with Gasteiger partial charge in [-0.2, -0.15) is 18.4 Å². The third-order valence-corrected chi connectivity index (χ3v) is 2.07. The van der Waals surface area contributed by atoms with E-state index in [9.17, 15) is 22.0 Å². The standard InChI is InChI=1S/C10H7F5N2/c1-5-4-6(2-3-16)17-8(10(13,14)15)7(5)9(11)12/h4,9H,2H2,1H3. The number of alkyl halides is 5. The summed E-state index contributed by atoms with van der Waals surface area (Å²) in [5.41, 5.74) is -3.12. The molecule has 0 aromatic carbocycles. The van der Waals surface area contributed by atoms with Crippen LogP contribution < -0.4 is 0 Å². The number of hydrogen-bond acceptors (Lipinski definition) is 2. The Morgan fingerprint density at radius 3 is 2.41 bits per heavy atom. The van der Waals surface area contributed by atoms with Crippen LogP contribution >= 0.6 is 0 Å². The van der Waals surface area contributed by atoms with Crippen molar-refractivity contribution in [3.8, 4) is 6.07 Å². The van der Waals surface area contributed by atoms with E-state index in [1.807, 2.05) is 0 Å².